The fourth-order valence-electron chi connectivity index (χ4n) is 1.32. The summed E-state index contributed by atoms with van der Waals surface area (Å²) in [7, 11) is 0. The lowest BCUT2D eigenvalue weighted by Crippen LogP contribution is -2.14. The molecule has 2 N–H and O–H groups in total. The molecule has 8 heteroatoms. The number of benzene rings is 1. The third-order valence-electron chi connectivity index (χ3n) is 2.05. The Hall–Kier alpha value is -1.86. The van der Waals surface area contributed by atoms with E-state index in [9.17, 15) is 26.7 Å². The minimum absolute atomic E-state index is 0.355. The highest BCUT2D eigenvalue weighted by Crippen LogP contribution is 2.39. The molecule has 0 bridgehead atoms. The molecule has 0 fully saturated rings. The van der Waals surface area contributed by atoms with Crippen LogP contribution in [0.2, 0.25) is 0 Å². The Labute approximate surface area is 98.3 Å². The monoisotopic (exact) mass is 269 g/mol. The molecule has 0 saturated carbocycles. The first-order valence-corrected chi connectivity index (χ1v) is 4.59. The summed E-state index contributed by atoms with van der Waals surface area (Å²) in [6.45, 7) is -2.41. The summed E-state index contributed by atoms with van der Waals surface area (Å²) in [5.74, 6) is -1.82. The topological polar surface area (TPSA) is 52.3 Å². The lowest BCUT2D eigenvalue weighted by atomic mass is 10.0. The number of carbonyl (C=O) groups is 1. The van der Waals surface area contributed by atoms with Crippen LogP contribution in [0.5, 0.6) is 5.75 Å². The van der Waals surface area contributed by atoms with Gasteiger partial charge in [-0.05, 0) is 13.0 Å². The van der Waals surface area contributed by atoms with E-state index in [4.69, 9.17) is 5.73 Å². The molecule has 1 aromatic rings. The molecule has 0 aliphatic rings. The van der Waals surface area contributed by atoms with Crippen LogP contribution < -0.4 is 10.5 Å². The molecule has 0 heterocycles. The first-order chi connectivity index (χ1) is 8.12. The van der Waals surface area contributed by atoms with Crippen molar-refractivity contribution in [1.29, 1.82) is 0 Å². The second kappa shape index (κ2) is 4.79. The normalized spacial score (nSPS) is 11.7. The Morgan fingerprint density at radius 1 is 1.33 bits per heavy atom. The Kier molecular flexibility index (Phi) is 3.78. The van der Waals surface area contributed by atoms with Crippen LogP contribution in [0.4, 0.5) is 27.6 Å². The Bertz CT molecular complexity index is 470. The van der Waals surface area contributed by atoms with Crippen LogP contribution in [-0.4, -0.2) is 12.4 Å². The number of alkyl halides is 5. The van der Waals surface area contributed by atoms with Gasteiger partial charge in [-0.25, -0.2) is 0 Å². The van der Waals surface area contributed by atoms with Gasteiger partial charge in [-0.15, -0.1) is 0 Å². The minimum atomic E-state index is -4.93. The first kappa shape index (κ1) is 14.2. The number of rotatable bonds is 3. The smallest absolute Gasteiger partial charge is 0.419 e. The van der Waals surface area contributed by atoms with Gasteiger partial charge in [0.2, 0.25) is 0 Å². The maximum absolute atomic E-state index is 12.6. The van der Waals surface area contributed by atoms with E-state index in [0.29, 0.717) is 12.1 Å². The third kappa shape index (κ3) is 3.08. The average molecular weight is 269 g/mol. The van der Waals surface area contributed by atoms with Gasteiger partial charge >= 0.3 is 12.8 Å². The molecular weight excluding hydrogens is 261 g/mol. The van der Waals surface area contributed by atoms with Crippen molar-refractivity contribution in [2.45, 2.75) is 19.7 Å². The molecular formula is C10H8F5NO2. The number of hydrogen-bond acceptors (Lipinski definition) is 3. The molecule has 0 aliphatic heterocycles. The first-order valence-electron chi connectivity index (χ1n) is 4.59. The molecule has 0 amide bonds. The van der Waals surface area contributed by atoms with Crippen molar-refractivity contribution < 1.29 is 31.5 Å². The summed E-state index contributed by atoms with van der Waals surface area (Å²) in [4.78, 5) is 11.0. The molecule has 0 aliphatic carbocycles. The second-order valence-electron chi connectivity index (χ2n) is 3.37. The van der Waals surface area contributed by atoms with Crippen LogP contribution in [0.3, 0.4) is 0 Å². The van der Waals surface area contributed by atoms with Crippen LogP contribution in [0.1, 0.15) is 22.8 Å². The van der Waals surface area contributed by atoms with Gasteiger partial charge in [0.15, 0.2) is 5.78 Å². The lowest BCUT2D eigenvalue weighted by Gasteiger charge is -2.15. The second-order valence-corrected chi connectivity index (χ2v) is 3.37. The van der Waals surface area contributed by atoms with Crippen molar-refractivity contribution in [1.82, 2.24) is 0 Å². The SMILES string of the molecule is CC(=O)c1cc(C(F)(F)F)c(OC(F)F)cc1N. The summed E-state index contributed by atoms with van der Waals surface area (Å²) in [5.41, 5.74) is 3.07. The Morgan fingerprint density at radius 3 is 2.28 bits per heavy atom. The molecule has 0 atom stereocenters. The van der Waals surface area contributed by atoms with Crippen LogP contribution >= 0.6 is 0 Å². The van der Waals surface area contributed by atoms with Crippen LogP contribution in [0.15, 0.2) is 12.1 Å². The fraction of sp³-hybridized carbons (Fsp3) is 0.300. The zero-order chi connectivity index (χ0) is 14.1. The van der Waals surface area contributed by atoms with E-state index < -0.39 is 35.4 Å². The summed E-state index contributed by atoms with van der Waals surface area (Å²) >= 11 is 0. The predicted molar refractivity (Wildman–Crippen MR) is 52.5 cm³/mol. The maximum Gasteiger partial charge on any atom is 0.419 e. The molecule has 0 saturated heterocycles. The molecule has 0 aromatic heterocycles. The van der Waals surface area contributed by atoms with Gasteiger partial charge in [-0.1, -0.05) is 0 Å². The van der Waals surface area contributed by atoms with Crippen molar-refractivity contribution in [3.05, 3.63) is 23.3 Å². The van der Waals surface area contributed by atoms with E-state index in [1.807, 2.05) is 0 Å². The van der Waals surface area contributed by atoms with Gasteiger partial charge in [0.25, 0.3) is 0 Å². The van der Waals surface area contributed by atoms with E-state index in [-0.39, 0.29) is 5.69 Å². The standard InChI is InChI=1S/C10H8F5NO2/c1-4(17)5-2-6(10(13,14)15)8(3-7(5)16)18-9(11)12/h2-3,9H,16H2,1H3. The summed E-state index contributed by atoms with van der Waals surface area (Å²) < 4.78 is 65.5. The van der Waals surface area contributed by atoms with Crippen molar-refractivity contribution in [2.24, 2.45) is 0 Å². The number of anilines is 1. The Balaban J connectivity index is 3.42. The number of nitrogen functional groups attached to an aromatic ring is 1. The number of halogens is 5. The number of carbonyl (C=O) groups excluding carboxylic acids is 1. The molecule has 3 nitrogen and oxygen atoms in total. The summed E-state index contributed by atoms with van der Waals surface area (Å²) in [6.07, 6.45) is -4.93. The fourth-order valence-corrected chi connectivity index (χ4v) is 1.32. The average Bonchev–Trinajstić information content (AvgIpc) is 2.13. The molecule has 100 valence electrons. The minimum Gasteiger partial charge on any atom is -0.434 e. The quantitative estimate of drug-likeness (QED) is 0.521. The van der Waals surface area contributed by atoms with E-state index in [2.05, 4.69) is 4.74 Å². The molecule has 0 radical (unpaired) electrons. The maximum atomic E-state index is 12.6. The highest BCUT2D eigenvalue weighted by atomic mass is 19.4. The molecule has 1 rings (SSSR count). The lowest BCUT2D eigenvalue weighted by molar-refractivity contribution is -0.141. The number of Topliss-reactive ketones (excluding diaryl/α,β-unsaturated/α-hetero) is 1. The Morgan fingerprint density at radius 2 is 1.89 bits per heavy atom. The summed E-state index contributed by atoms with van der Waals surface area (Å²) in [6, 6.07) is 0.959. The molecule has 0 spiro atoms. The zero-order valence-electron chi connectivity index (χ0n) is 9.02. The highest BCUT2D eigenvalue weighted by Gasteiger charge is 2.36. The number of ketones is 1. The van der Waals surface area contributed by atoms with Gasteiger partial charge in [0.1, 0.15) is 5.75 Å². The number of nitrogens with two attached hydrogens (primary N) is 1. The molecule has 1 aromatic carbocycles. The van der Waals surface area contributed by atoms with Gasteiger partial charge in [-0.3, -0.25) is 4.79 Å². The van der Waals surface area contributed by atoms with Crippen molar-refractivity contribution in [3.8, 4) is 5.75 Å². The van der Waals surface area contributed by atoms with Crippen LogP contribution in [0, 0.1) is 0 Å². The van der Waals surface area contributed by atoms with Crippen molar-refractivity contribution >= 4 is 11.5 Å². The van der Waals surface area contributed by atoms with Crippen molar-refractivity contribution in [2.75, 3.05) is 5.73 Å². The molecule has 0 unspecified atom stereocenters. The molecule has 18 heavy (non-hydrogen) atoms. The number of hydrogen-bond donors (Lipinski definition) is 1. The van der Waals surface area contributed by atoms with E-state index in [1.54, 1.807) is 0 Å². The highest BCUT2D eigenvalue weighted by molar-refractivity contribution is 5.99. The third-order valence-corrected chi connectivity index (χ3v) is 2.05. The van der Waals surface area contributed by atoms with E-state index in [0.717, 1.165) is 6.92 Å². The van der Waals surface area contributed by atoms with Gasteiger partial charge in [0, 0.05) is 17.3 Å². The van der Waals surface area contributed by atoms with Gasteiger partial charge in [0.05, 0.1) is 5.56 Å². The van der Waals surface area contributed by atoms with Gasteiger partial charge < -0.3 is 10.5 Å². The zero-order valence-corrected chi connectivity index (χ0v) is 9.02. The largest absolute Gasteiger partial charge is 0.434 e. The predicted octanol–water partition coefficient (Wildman–Crippen LogP) is 3.09. The summed E-state index contributed by atoms with van der Waals surface area (Å²) in [5, 5.41) is 0. The van der Waals surface area contributed by atoms with E-state index >= 15 is 0 Å². The van der Waals surface area contributed by atoms with Crippen LogP contribution in [0.25, 0.3) is 0 Å². The van der Waals surface area contributed by atoms with E-state index in [1.165, 1.54) is 0 Å². The van der Waals surface area contributed by atoms with Crippen molar-refractivity contribution in [3.63, 3.8) is 0 Å². The number of ether oxygens (including phenoxy) is 1. The van der Waals surface area contributed by atoms with Gasteiger partial charge in [-0.2, -0.15) is 22.0 Å². The van der Waals surface area contributed by atoms with Crippen LogP contribution in [-0.2, 0) is 6.18 Å².